The molecule has 3 N–H and O–H groups in total. The molecule has 0 radical (unpaired) electrons. The minimum Gasteiger partial charge on any atom is -0.395 e. The van der Waals surface area contributed by atoms with Crippen molar-refractivity contribution < 1.29 is 9.53 Å². The van der Waals surface area contributed by atoms with Gasteiger partial charge in [0.25, 0.3) is 5.91 Å². The fourth-order valence-corrected chi connectivity index (χ4v) is 2.22. The lowest BCUT2D eigenvalue weighted by Gasteiger charge is -2.34. The van der Waals surface area contributed by atoms with Gasteiger partial charge >= 0.3 is 0 Å². The van der Waals surface area contributed by atoms with Crippen molar-refractivity contribution in [2.24, 2.45) is 7.05 Å². The molecular weight excluding hydrogens is 232 g/mol. The molecule has 0 bridgehead atoms. The first-order valence-electron chi connectivity index (χ1n) is 6.12. The maximum atomic E-state index is 12.3. The summed E-state index contributed by atoms with van der Waals surface area (Å²) in [6.07, 6.45) is 1.63. The number of aryl methyl sites for hydroxylation is 2. The SMILES string of the molecule is Cc1nn(C)c(C(=O)NC2(C)CCOCC2)c1N. The van der Waals surface area contributed by atoms with Crippen LogP contribution in [0.15, 0.2) is 0 Å². The molecule has 1 aliphatic heterocycles. The summed E-state index contributed by atoms with van der Waals surface area (Å²) in [5.41, 5.74) is 7.22. The number of carbonyl (C=O) groups is 1. The monoisotopic (exact) mass is 252 g/mol. The lowest BCUT2D eigenvalue weighted by Crippen LogP contribution is -2.50. The second kappa shape index (κ2) is 4.61. The van der Waals surface area contributed by atoms with E-state index in [1.54, 1.807) is 14.0 Å². The number of amides is 1. The highest BCUT2D eigenvalue weighted by molar-refractivity contribution is 5.98. The number of ether oxygens (including phenoxy) is 1. The molecule has 0 unspecified atom stereocenters. The Morgan fingerprint density at radius 3 is 2.61 bits per heavy atom. The normalized spacial score (nSPS) is 18.6. The van der Waals surface area contributed by atoms with Gasteiger partial charge in [0.1, 0.15) is 5.69 Å². The van der Waals surface area contributed by atoms with E-state index in [4.69, 9.17) is 10.5 Å². The number of carbonyl (C=O) groups excluding carboxylic acids is 1. The number of nitrogens with two attached hydrogens (primary N) is 1. The van der Waals surface area contributed by atoms with Gasteiger partial charge in [0.05, 0.1) is 11.4 Å². The molecule has 18 heavy (non-hydrogen) atoms. The van der Waals surface area contributed by atoms with Crippen molar-refractivity contribution in [3.05, 3.63) is 11.4 Å². The van der Waals surface area contributed by atoms with Gasteiger partial charge in [-0.3, -0.25) is 9.48 Å². The number of hydrogen-bond acceptors (Lipinski definition) is 4. The van der Waals surface area contributed by atoms with E-state index in [-0.39, 0.29) is 11.4 Å². The lowest BCUT2D eigenvalue weighted by molar-refractivity contribution is 0.0420. The van der Waals surface area contributed by atoms with Gasteiger partial charge in [0, 0.05) is 25.8 Å². The quantitative estimate of drug-likeness (QED) is 0.808. The van der Waals surface area contributed by atoms with Gasteiger partial charge < -0.3 is 15.8 Å². The van der Waals surface area contributed by atoms with Crippen molar-refractivity contribution in [1.29, 1.82) is 0 Å². The van der Waals surface area contributed by atoms with Crippen molar-refractivity contribution in [2.75, 3.05) is 18.9 Å². The molecule has 0 saturated carbocycles. The van der Waals surface area contributed by atoms with Gasteiger partial charge in [-0.25, -0.2) is 0 Å². The van der Waals surface area contributed by atoms with Crippen molar-refractivity contribution in [3.63, 3.8) is 0 Å². The van der Waals surface area contributed by atoms with Crippen LogP contribution in [0.25, 0.3) is 0 Å². The molecule has 6 heteroatoms. The summed E-state index contributed by atoms with van der Waals surface area (Å²) in [7, 11) is 1.73. The predicted molar refractivity (Wildman–Crippen MR) is 68.3 cm³/mol. The molecule has 2 heterocycles. The Labute approximate surface area is 106 Å². The highest BCUT2D eigenvalue weighted by atomic mass is 16.5. The zero-order valence-electron chi connectivity index (χ0n) is 11.1. The maximum Gasteiger partial charge on any atom is 0.272 e. The smallest absolute Gasteiger partial charge is 0.272 e. The number of nitrogens with zero attached hydrogens (tertiary/aromatic N) is 2. The highest BCUT2D eigenvalue weighted by Gasteiger charge is 2.31. The average molecular weight is 252 g/mol. The fourth-order valence-electron chi connectivity index (χ4n) is 2.22. The van der Waals surface area contributed by atoms with Crippen LogP contribution in [0.1, 0.15) is 35.9 Å². The molecular formula is C12H20N4O2. The molecule has 1 aromatic rings. The summed E-state index contributed by atoms with van der Waals surface area (Å²) < 4.78 is 6.84. The number of anilines is 1. The molecule has 100 valence electrons. The Bertz CT molecular complexity index is 461. The molecule has 0 aromatic carbocycles. The summed E-state index contributed by atoms with van der Waals surface area (Å²) in [5, 5.41) is 7.20. The summed E-state index contributed by atoms with van der Waals surface area (Å²) in [5.74, 6) is -0.167. The Morgan fingerprint density at radius 2 is 2.11 bits per heavy atom. The molecule has 1 aliphatic rings. The van der Waals surface area contributed by atoms with Crippen LogP contribution in [0.3, 0.4) is 0 Å². The van der Waals surface area contributed by atoms with Crippen molar-refractivity contribution in [2.45, 2.75) is 32.2 Å². The standard InChI is InChI=1S/C12H20N4O2/c1-8-9(13)10(16(3)15-8)11(17)14-12(2)4-6-18-7-5-12/h4-7,13H2,1-3H3,(H,14,17). The predicted octanol–water partition coefficient (Wildman–Crippen LogP) is 0.610. The molecule has 1 aromatic heterocycles. The van der Waals surface area contributed by atoms with E-state index >= 15 is 0 Å². The Morgan fingerprint density at radius 1 is 1.50 bits per heavy atom. The van der Waals surface area contributed by atoms with E-state index in [9.17, 15) is 4.79 Å². The number of aromatic nitrogens is 2. The van der Waals surface area contributed by atoms with Crippen molar-refractivity contribution >= 4 is 11.6 Å². The second-order valence-corrected chi connectivity index (χ2v) is 5.10. The lowest BCUT2D eigenvalue weighted by atomic mass is 9.92. The maximum absolute atomic E-state index is 12.3. The largest absolute Gasteiger partial charge is 0.395 e. The molecule has 1 amide bonds. The Kier molecular flexibility index (Phi) is 3.30. The average Bonchev–Trinajstić information content (AvgIpc) is 2.53. The van der Waals surface area contributed by atoms with Crippen molar-refractivity contribution in [3.8, 4) is 0 Å². The van der Waals surface area contributed by atoms with Gasteiger partial charge in [0.15, 0.2) is 0 Å². The van der Waals surface area contributed by atoms with Crippen LogP contribution in [0.2, 0.25) is 0 Å². The minimum atomic E-state index is -0.222. The van der Waals surface area contributed by atoms with E-state index in [0.29, 0.717) is 30.3 Å². The van der Waals surface area contributed by atoms with Crippen molar-refractivity contribution in [1.82, 2.24) is 15.1 Å². The highest BCUT2D eigenvalue weighted by Crippen LogP contribution is 2.22. The van der Waals surface area contributed by atoms with Gasteiger partial charge in [-0.1, -0.05) is 0 Å². The van der Waals surface area contributed by atoms with Crippen LogP contribution in [0, 0.1) is 6.92 Å². The topological polar surface area (TPSA) is 82.2 Å². The molecule has 1 fully saturated rings. The third-order valence-corrected chi connectivity index (χ3v) is 3.50. The van der Waals surface area contributed by atoms with Gasteiger partial charge in [-0.2, -0.15) is 5.10 Å². The van der Waals surface area contributed by atoms with Crippen LogP contribution in [-0.2, 0) is 11.8 Å². The van der Waals surface area contributed by atoms with Crippen LogP contribution in [-0.4, -0.2) is 34.4 Å². The molecule has 1 saturated heterocycles. The Balaban J connectivity index is 2.16. The van der Waals surface area contributed by atoms with Gasteiger partial charge in [-0.15, -0.1) is 0 Å². The fraction of sp³-hybridized carbons (Fsp3) is 0.667. The summed E-state index contributed by atoms with van der Waals surface area (Å²) >= 11 is 0. The van der Waals surface area contributed by atoms with E-state index in [0.717, 1.165) is 12.8 Å². The zero-order chi connectivity index (χ0) is 13.3. The molecule has 0 aliphatic carbocycles. The van der Waals surface area contributed by atoms with Gasteiger partial charge in [0.2, 0.25) is 0 Å². The van der Waals surface area contributed by atoms with Gasteiger partial charge in [-0.05, 0) is 26.7 Å². The third-order valence-electron chi connectivity index (χ3n) is 3.50. The number of nitrogen functional groups attached to an aromatic ring is 1. The first-order chi connectivity index (χ1) is 8.43. The molecule has 2 rings (SSSR count). The molecule has 6 nitrogen and oxygen atoms in total. The van der Waals surface area contributed by atoms with E-state index in [1.807, 2.05) is 6.92 Å². The van der Waals surface area contributed by atoms with E-state index < -0.39 is 0 Å². The molecule has 0 spiro atoms. The summed E-state index contributed by atoms with van der Waals surface area (Å²) in [4.78, 5) is 12.3. The third kappa shape index (κ3) is 2.33. The molecule has 0 atom stereocenters. The number of hydrogen-bond donors (Lipinski definition) is 2. The minimum absolute atomic E-state index is 0.167. The first-order valence-corrected chi connectivity index (χ1v) is 6.12. The van der Waals surface area contributed by atoms with Crippen LogP contribution in [0.5, 0.6) is 0 Å². The van der Waals surface area contributed by atoms with Crippen LogP contribution < -0.4 is 11.1 Å². The number of nitrogens with one attached hydrogen (secondary N) is 1. The second-order valence-electron chi connectivity index (χ2n) is 5.10. The first kappa shape index (κ1) is 12.9. The summed E-state index contributed by atoms with van der Waals surface area (Å²) in [6.45, 7) is 5.18. The summed E-state index contributed by atoms with van der Waals surface area (Å²) in [6, 6.07) is 0. The Hall–Kier alpha value is -1.56. The van der Waals surface area contributed by atoms with E-state index in [1.165, 1.54) is 4.68 Å². The number of rotatable bonds is 2. The van der Waals surface area contributed by atoms with Crippen LogP contribution >= 0.6 is 0 Å². The van der Waals surface area contributed by atoms with E-state index in [2.05, 4.69) is 10.4 Å². The van der Waals surface area contributed by atoms with Crippen LogP contribution in [0.4, 0.5) is 5.69 Å². The zero-order valence-corrected chi connectivity index (χ0v) is 11.1.